The topological polar surface area (TPSA) is 124 Å². The van der Waals surface area contributed by atoms with Crippen LogP contribution in [0.1, 0.15) is 191 Å². The quantitative estimate of drug-likeness (QED) is 0.0682. The molecule has 0 spiro atoms. The molecule has 0 aromatic heterocycles. The Kier molecular flexibility index (Phi) is 20.7. The Morgan fingerprint density at radius 3 is 0.681 bits per heavy atom. The summed E-state index contributed by atoms with van der Waals surface area (Å²) in [6.07, 6.45) is 0.646. The second-order valence-corrected chi connectivity index (χ2v) is 36.9. The van der Waals surface area contributed by atoms with Crippen molar-refractivity contribution < 1.29 is 47.1 Å². The van der Waals surface area contributed by atoms with Gasteiger partial charge in [-0.3, -0.25) is 0 Å². The lowest BCUT2D eigenvalue weighted by Gasteiger charge is -2.30. The van der Waals surface area contributed by atoms with Crippen LogP contribution in [0.3, 0.4) is 0 Å². The fraction of sp³-hybridized carbons (Fsp3) is 0.390. The first-order valence-electron chi connectivity index (χ1n) is 32.9. The van der Waals surface area contributed by atoms with Crippen LogP contribution in [-0.2, 0) is 75.5 Å². The van der Waals surface area contributed by atoms with Crippen molar-refractivity contribution in [3.05, 3.63) is 237 Å². The van der Waals surface area contributed by atoms with E-state index in [1.54, 1.807) is 0 Å². The summed E-state index contributed by atoms with van der Waals surface area (Å²) < 4.78 is 73.4. The fourth-order valence-corrected chi connectivity index (χ4v) is 16.4. The summed E-state index contributed by atoms with van der Waals surface area (Å²) in [5.74, 6) is 1.05. The molecule has 9 rings (SSSR count). The van der Waals surface area contributed by atoms with Crippen LogP contribution in [0.15, 0.2) is 170 Å². The minimum absolute atomic E-state index is 0.171. The van der Waals surface area contributed by atoms with Crippen molar-refractivity contribution in [1.29, 1.82) is 0 Å². The Balaban J connectivity index is 1.41. The Labute approximate surface area is 560 Å². The lowest BCUT2D eigenvalue weighted by molar-refractivity contribution is -0.158. The second kappa shape index (κ2) is 27.6. The van der Waals surface area contributed by atoms with Gasteiger partial charge in [-0.2, -0.15) is 0 Å². The molecule has 8 aromatic rings. The number of benzene rings is 8. The number of hydrogen-bond acceptors (Lipinski definition) is 10. The lowest BCUT2D eigenvalue weighted by Crippen LogP contribution is -2.28. The first-order valence-corrected chi connectivity index (χ1v) is 36.7. The number of fused-ring (bicyclic) bond motifs is 8. The van der Waals surface area contributed by atoms with Gasteiger partial charge in [0.2, 0.25) is 0 Å². The maximum Gasteiger partial charge on any atom is 0.344 e. The number of esters is 2. The van der Waals surface area contributed by atoms with E-state index in [-0.39, 0.29) is 51.6 Å². The molecule has 0 amide bonds. The molecule has 0 saturated carbocycles. The van der Waals surface area contributed by atoms with Gasteiger partial charge in [-0.1, -0.05) is 253 Å². The highest BCUT2D eigenvalue weighted by Crippen LogP contribution is 2.50. The molecular weight excluding hydrogens is 1210 g/mol. The normalized spacial score (nSPS) is 13.4. The summed E-state index contributed by atoms with van der Waals surface area (Å²) in [4.78, 5) is 28.2. The first-order chi connectivity index (χ1) is 43.9. The third kappa shape index (κ3) is 17.2. The largest absolute Gasteiger partial charge is 0.485 e. The summed E-state index contributed by atoms with van der Waals surface area (Å²) in [6, 6.07) is 55.9. The molecule has 0 aliphatic heterocycles. The highest BCUT2D eigenvalue weighted by atomic mass is 31.2. The van der Waals surface area contributed by atoms with Gasteiger partial charge in [-0.15, -0.1) is 0 Å². The molecule has 1 aliphatic rings. The molecule has 0 atom stereocenters. The predicted molar refractivity (Wildman–Crippen MR) is 385 cm³/mol. The van der Waals surface area contributed by atoms with Crippen molar-refractivity contribution in [2.45, 2.75) is 183 Å². The van der Waals surface area contributed by atoms with Gasteiger partial charge >= 0.3 is 11.9 Å². The van der Waals surface area contributed by atoms with Gasteiger partial charge in [0, 0.05) is 46.9 Å². The zero-order valence-corrected chi connectivity index (χ0v) is 60.6. The first kappa shape index (κ1) is 70.7. The van der Waals surface area contributed by atoms with E-state index < -0.39 is 59.1 Å². The van der Waals surface area contributed by atoms with Gasteiger partial charge in [-0.25, -0.2) is 9.59 Å². The number of carbonyl (C=O) groups excluding carboxylic acids is 2. The molecule has 496 valence electrons. The second-order valence-electron chi connectivity index (χ2n) is 31.3. The van der Waals surface area contributed by atoms with Gasteiger partial charge in [0.25, 0.3) is 0 Å². The Morgan fingerprint density at radius 2 is 0.500 bits per heavy atom. The molecule has 0 saturated heterocycles. The number of ether oxygens (including phenoxy) is 6. The van der Waals surface area contributed by atoms with E-state index in [0.717, 1.165) is 66.8 Å². The Hall–Kier alpha value is -7.64. The fourth-order valence-electron chi connectivity index (χ4n) is 11.9. The molecule has 0 radical (unpaired) electrons. The summed E-state index contributed by atoms with van der Waals surface area (Å²) >= 11 is 0. The van der Waals surface area contributed by atoms with Crippen LogP contribution in [0, 0.1) is 0 Å². The van der Waals surface area contributed by atoms with E-state index >= 15 is 9.13 Å². The average molecular weight is 1310 g/mol. The molecule has 10 nitrogen and oxygen atoms in total. The van der Waals surface area contributed by atoms with Crippen LogP contribution in [-0.4, -0.2) is 49.1 Å². The smallest absolute Gasteiger partial charge is 0.344 e. The van der Waals surface area contributed by atoms with Crippen LogP contribution in [0.4, 0.5) is 0 Å². The molecule has 12 heteroatoms. The predicted octanol–water partition coefficient (Wildman–Crippen LogP) is 17.7. The highest BCUT2D eigenvalue weighted by Gasteiger charge is 2.35. The van der Waals surface area contributed by atoms with Crippen LogP contribution in [0.25, 0.3) is 0 Å². The van der Waals surface area contributed by atoms with E-state index in [1.807, 2.05) is 163 Å². The maximum atomic E-state index is 16.2. The molecule has 0 heterocycles. The van der Waals surface area contributed by atoms with Gasteiger partial charge in [0.15, 0.2) is 27.5 Å². The minimum atomic E-state index is -3.52. The van der Waals surface area contributed by atoms with Crippen molar-refractivity contribution in [2.75, 3.05) is 25.9 Å². The van der Waals surface area contributed by atoms with Crippen LogP contribution in [0.5, 0.6) is 23.0 Å². The molecule has 1 aliphatic carbocycles. The third-order valence-electron chi connectivity index (χ3n) is 16.9. The average Bonchev–Trinajstić information content (AvgIpc) is 0.767. The van der Waals surface area contributed by atoms with Gasteiger partial charge in [0.1, 0.15) is 46.9 Å². The van der Waals surface area contributed by atoms with Gasteiger partial charge in [0.05, 0.1) is 0 Å². The van der Waals surface area contributed by atoms with E-state index in [0.29, 0.717) is 44.2 Å². The highest BCUT2D eigenvalue weighted by molar-refractivity contribution is 7.79. The zero-order chi connectivity index (χ0) is 68.4. The van der Waals surface area contributed by atoms with E-state index in [9.17, 15) is 9.59 Å². The van der Waals surface area contributed by atoms with Crippen LogP contribution < -0.4 is 40.2 Å². The van der Waals surface area contributed by atoms with E-state index in [1.165, 1.54) is 0 Å². The van der Waals surface area contributed by atoms with Crippen molar-refractivity contribution in [3.63, 3.8) is 0 Å². The molecule has 8 aromatic carbocycles. The summed E-state index contributed by atoms with van der Waals surface area (Å²) in [6.45, 7) is 36.6. The van der Waals surface area contributed by atoms with Gasteiger partial charge < -0.3 is 37.6 Å². The molecular formula is C82H98O10P2. The molecule has 0 unspecified atom stereocenters. The summed E-state index contributed by atoms with van der Waals surface area (Å²) in [5, 5.41) is 2.65. The lowest BCUT2D eigenvalue weighted by atomic mass is 9.79. The maximum absolute atomic E-state index is 16.2. The molecule has 0 N–H and O–H groups in total. The van der Waals surface area contributed by atoms with Crippen LogP contribution >= 0.6 is 14.3 Å². The van der Waals surface area contributed by atoms with Gasteiger partial charge in [-0.05, 0) is 130 Å². The Bertz CT molecular complexity index is 3660. The van der Waals surface area contributed by atoms with Crippen molar-refractivity contribution in [1.82, 2.24) is 0 Å². The van der Waals surface area contributed by atoms with Crippen molar-refractivity contribution >= 4 is 47.4 Å². The SMILES string of the molecule is CC(C)(C)OC(=O)COc1c2cc(C(C)(C)C)cc1Cc1cc(C(C)(C)C)cc(c1OCP(=O)(c1ccccc1)c1ccccc1)Cc1cc(C(C)(C)C)cc(c1OCC(=O)OC(C)(C)C)Cc1cc(C(C)(C)C)cc(c1OCP(=O)(c1ccccc1)c1ccccc1)C2. The number of rotatable bonds is 16. The molecule has 8 bridgehead atoms. The summed E-state index contributed by atoms with van der Waals surface area (Å²) in [7, 11) is -7.05. The Morgan fingerprint density at radius 1 is 0.309 bits per heavy atom. The van der Waals surface area contributed by atoms with Crippen molar-refractivity contribution in [3.8, 4) is 23.0 Å². The number of carbonyl (C=O) groups is 2. The zero-order valence-electron chi connectivity index (χ0n) is 58.8. The minimum Gasteiger partial charge on any atom is -0.485 e. The standard InChI is InChI=1S/C82H98O10P2/c1-77(2,3)63-43-55-39-59-47-65(79(7,8)9)49-61(75(59)89-53-93(85,67-31-23-19-24-32-67)68-33-25-20-26-34-68)41-57-45-64(78(4,5)6)46-58(74(57)88-52-72(84)92-82(16,17)18)42-62-50-66(80(10,11)12)48-60(40-56(44-63)73(55)87-51-71(83)91-81(13,14)15)76(62)90-54-94(86,69-35-27-21-28-36-69)70-37-29-22-30-38-70/h19-38,43-50H,39-42,51-54H2,1-18H3. The molecule has 0 fully saturated rings. The third-order valence-corrected chi connectivity index (χ3v) is 22.5. The van der Waals surface area contributed by atoms with E-state index in [2.05, 4.69) is 132 Å². The number of hydrogen-bond donors (Lipinski definition) is 0. The van der Waals surface area contributed by atoms with Crippen LogP contribution in [0.2, 0.25) is 0 Å². The summed E-state index contributed by atoms with van der Waals surface area (Å²) in [5.41, 5.74) is 7.34. The van der Waals surface area contributed by atoms with Crippen molar-refractivity contribution in [2.24, 2.45) is 0 Å². The monoisotopic (exact) mass is 1300 g/mol. The van der Waals surface area contributed by atoms with E-state index in [4.69, 9.17) is 28.4 Å². The molecule has 94 heavy (non-hydrogen) atoms.